The van der Waals surface area contributed by atoms with Gasteiger partial charge in [-0.3, -0.25) is 0 Å². The summed E-state index contributed by atoms with van der Waals surface area (Å²) >= 11 is 5.96. The highest BCUT2D eigenvalue weighted by Crippen LogP contribution is 2.36. The fourth-order valence-corrected chi connectivity index (χ4v) is 2.66. The fourth-order valence-electron chi connectivity index (χ4n) is 2.43. The number of halogens is 1. The molecule has 1 fully saturated rings. The quantitative estimate of drug-likeness (QED) is 0.891. The zero-order chi connectivity index (χ0) is 13.0. The molecule has 4 heteroatoms. The number of aliphatic hydroxyl groups excluding tert-OH is 1. The van der Waals surface area contributed by atoms with Crippen molar-refractivity contribution in [1.29, 1.82) is 0 Å². The largest absolute Gasteiger partial charge is 0.493 e. The Morgan fingerprint density at radius 2 is 2.06 bits per heavy atom. The lowest BCUT2D eigenvalue weighted by Crippen LogP contribution is -2.10. The van der Waals surface area contributed by atoms with Crippen LogP contribution < -0.4 is 9.47 Å². The molecule has 1 aromatic rings. The number of methoxy groups -OCH3 is 1. The zero-order valence-electron chi connectivity index (χ0n) is 10.6. The molecule has 1 N–H and O–H groups in total. The van der Waals surface area contributed by atoms with Crippen LogP contribution in [0.3, 0.4) is 0 Å². The summed E-state index contributed by atoms with van der Waals surface area (Å²) in [5, 5.41) is 9.91. The summed E-state index contributed by atoms with van der Waals surface area (Å²) in [6.45, 7) is 0.585. The van der Waals surface area contributed by atoms with Crippen molar-refractivity contribution in [2.45, 2.75) is 32.3 Å². The Kier molecular flexibility index (Phi) is 4.72. The molecule has 0 atom stereocenters. The Morgan fingerprint density at radius 3 is 2.67 bits per heavy atom. The lowest BCUT2D eigenvalue weighted by Gasteiger charge is -2.17. The maximum atomic E-state index is 9.36. The zero-order valence-corrected chi connectivity index (χ0v) is 11.4. The Morgan fingerprint density at radius 1 is 1.33 bits per heavy atom. The molecule has 0 heterocycles. The van der Waals surface area contributed by atoms with E-state index in [2.05, 4.69) is 0 Å². The highest BCUT2D eigenvalue weighted by atomic mass is 35.5. The van der Waals surface area contributed by atoms with Gasteiger partial charge in [0.15, 0.2) is 11.5 Å². The van der Waals surface area contributed by atoms with Crippen LogP contribution in [-0.2, 0) is 6.61 Å². The van der Waals surface area contributed by atoms with E-state index >= 15 is 0 Å². The summed E-state index contributed by atoms with van der Waals surface area (Å²) in [5.41, 5.74) is 0.678. The van der Waals surface area contributed by atoms with E-state index in [-0.39, 0.29) is 6.61 Å². The molecule has 1 aliphatic carbocycles. The second kappa shape index (κ2) is 6.30. The Bertz CT molecular complexity index is 375. The molecule has 100 valence electrons. The second-order valence-electron chi connectivity index (χ2n) is 4.72. The summed E-state index contributed by atoms with van der Waals surface area (Å²) in [4.78, 5) is 0. The monoisotopic (exact) mass is 270 g/mol. The van der Waals surface area contributed by atoms with Gasteiger partial charge >= 0.3 is 0 Å². The molecule has 1 aliphatic rings. The highest BCUT2D eigenvalue weighted by Gasteiger charge is 2.18. The summed E-state index contributed by atoms with van der Waals surface area (Å²) < 4.78 is 11.1. The number of ether oxygens (including phenoxy) is 2. The van der Waals surface area contributed by atoms with Crippen LogP contribution in [0.1, 0.15) is 31.2 Å². The standard InChI is InChI=1S/C14H19ClO3/c1-17-13-7-12(15)6-11(8-16)14(13)18-9-10-4-2-3-5-10/h6-7,10,16H,2-5,8-9H2,1H3. The molecule has 2 rings (SSSR count). The van der Waals surface area contributed by atoms with Gasteiger partial charge < -0.3 is 14.6 Å². The smallest absolute Gasteiger partial charge is 0.166 e. The van der Waals surface area contributed by atoms with Crippen molar-refractivity contribution in [1.82, 2.24) is 0 Å². The van der Waals surface area contributed by atoms with Crippen LogP contribution in [0.2, 0.25) is 5.02 Å². The minimum atomic E-state index is -0.100. The third-order valence-corrected chi connectivity index (χ3v) is 3.64. The average molecular weight is 271 g/mol. The molecule has 0 spiro atoms. The number of aliphatic hydroxyl groups is 1. The van der Waals surface area contributed by atoms with Gasteiger partial charge in [-0.15, -0.1) is 0 Å². The Hall–Kier alpha value is -0.930. The van der Waals surface area contributed by atoms with Gasteiger partial charge in [0.05, 0.1) is 20.3 Å². The first-order valence-electron chi connectivity index (χ1n) is 6.34. The predicted octanol–water partition coefficient (Wildman–Crippen LogP) is 3.41. The molecule has 0 aromatic heterocycles. The first kappa shape index (κ1) is 13.5. The van der Waals surface area contributed by atoms with Gasteiger partial charge in [0.25, 0.3) is 0 Å². The van der Waals surface area contributed by atoms with Crippen molar-refractivity contribution in [3.63, 3.8) is 0 Å². The van der Waals surface area contributed by atoms with Gasteiger partial charge in [-0.25, -0.2) is 0 Å². The van der Waals surface area contributed by atoms with Crippen LogP contribution in [0.25, 0.3) is 0 Å². The number of rotatable bonds is 5. The molecule has 1 aromatic carbocycles. The molecule has 0 saturated heterocycles. The van der Waals surface area contributed by atoms with Crippen molar-refractivity contribution in [3.8, 4) is 11.5 Å². The summed E-state index contributed by atoms with van der Waals surface area (Å²) in [7, 11) is 1.58. The maximum absolute atomic E-state index is 9.36. The van der Waals surface area contributed by atoms with Gasteiger partial charge in [0.1, 0.15) is 0 Å². The van der Waals surface area contributed by atoms with Gasteiger partial charge in [0, 0.05) is 16.7 Å². The minimum Gasteiger partial charge on any atom is -0.493 e. The van der Waals surface area contributed by atoms with E-state index in [1.807, 2.05) is 0 Å². The van der Waals surface area contributed by atoms with Crippen LogP contribution in [0.4, 0.5) is 0 Å². The van der Waals surface area contributed by atoms with E-state index < -0.39 is 0 Å². The molecule has 0 amide bonds. The molecule has 18 heavy (non-hydrogen) atoms. The van der Waals surface area contributed by atoms with E-state index in [0.717, 1.165) is 0 Å². The van der Waals surface area contributed by atoms with Gasteiger partial charge in [-0.05, 0) is 24.8 Å². The predicted molar refractivity (Wildman–Crippen MR) is 71.4 cm³/mol. The van der Waals surface area contributed by atoms with E-state index in [0.29, 0.717) is 34.6 Å². The van der Waals surface area contributed by atoms with E-state index in [9.17, 15) is 5.11 Å². The van der Waals surface area contributed by atoms with Crippen molar-refractivity contribution in [3.05, 3.63) is 22.7 Å². The van der Waals surface area contributed by atoms with E-state index in [1.165, 1.54) is 25.7 Å². The number of hydrogen-bond acceptors (Lipinski definition) is 3. The van der Waals surface area contributed by atoms with Crippen LogP contribution in [0, 0.1) is 5.92 Å². The highest BCUT2D eigenvalue weighted by molar-refractivity contribution is 6.30. The van der Waals surface area contributed by atoms with Crippen molar-refractivity contribution < 1.29 is 14.6 Å². The SMILES string of the molecule is COc1cc(Cl)cc(CO)c1OCC1CCCC1. The Balaban J connectivity index is 2.13. The molecule has 0 radical (unpaired) electrons. The Labute approximate surface area is 113 Å². The molecule has 0 unspecified atom stereocenters. The molecule has 0 aliphatic heterocycles. The first-order chi connectivity index (χ1) is 8.74. The molecule has 3 nitrogen and oxygen atoms in total. The average Bonchev–Trinajstić information content (AvgIpc) is 2.89. The molecular weight excluding hydrogens is 252 g/mol. The van der Waals surface area contributed by atoms with E-state index in [1.54, 1.807) is 19.2 Å². The topological polar surface area (TPSA) is 38.7 Å². The minimum absolute atomic E-state index is 0.100. The van der Waals surface area contributed by atoms with Crippen LogP contribution in [-0.4, -0.2) is 18.8 Å². The van der Waals surface area contributed by atoms with Crippen LogP contribution in [0.5, 0.6) is 11.5 Å². The van der Waals surface area contributed by atoms with Gasteiger partial charge in [-0.1, -0.05) is 24.4 Å². The third kappa shape index (κ3) is 3.09. The van der Waals surface area contributed by atoms with Gasteiger partial charge in [0.2, 0.25) is 0 Å². The first-order valence-corrected chi connectivity index (χ1v) is 6.72. The summed E-state index contributed by atoms with van der Waals surface area (Å²) in [6, 6.07) is 3.43. The lowest BCUT2D eigenvalue weighted by atomic mass is 10.1. The lowest BCUT2D eigenvalue weighted by molar-refractivity contribution is 0.225. The second-order valence-corrected chi connectivity index (χ2v) is 5.15. The summed E-state index contributed by atoms with van der Waals surface area (Å²) in [6.07, 6.45) is 5.03. The van der Waals surface area contributed by atoms with Crippen molar-refractivity contribution in [2.75, 3.05) is 13.7 Å². The number of hydrogen-bond donors (Lipinski definition) is 1. The fraction of sp³-hybridized carbons (Fsp3) is 0.571. The van der Waals surface area contributed by atoms with Gasteiger partial charge in [-0.2, -0.15) is 0 Å². The normalized spacial score (nSPS) is 15.9. The molecule has 1 saturated carbocycles. The van der Waals surface area contributed by atoms with Crippen LogP contribution in [0.15, 0.2) is 12.1 Å². The van der Waals surface area contributed by atoms with Crippen molar-refractivity contribution in [2.24, 2.45) is 5.92 Å². The molecular formula is C14H19ClO3. The van der Waals surface area contributed by atoms with Crippen LogP contribution >= 0.6 is 11.6 Å². The van der Waals surface area contributed by atoms with E-state index in [4.69, 9.17) is 21.1 Å². The van der Waals surface area contributed by atoms with Crippen molar-refractivity contribution >= 4 is 11.6 Å². The molecule has 0 bridgehead atoms. The maximum Gasteiger partial charge on any atom is 0.166 e. The number of benzene rings is 1. The third-order valence-electron chi connectivity index (χ3n) is 3.42. The summed E-state index contributed by atoms with van der Waals surface area (Å²) in [5.74, 6) is 1.83.